The van der Waals surface area contributed by atoms with E-state index in [1.54, 1.807) is 39.1 Å². The SMILES string of the molecule is CC1CCCCN1CCCNc1ccc(S(=O)(=O)C(C)(C)C)nc1. The quantitative estimate of drug-likeness (QED) is 0.795. The molecule has 0 saturated carbocycles. The largest absolute Gasteiger partial charge is 0.384 e. The molecule has 1 N–H and O–H groups in total. The van der Waals surface area contributed by atoms with Crippen LogP contribution >= 0.6 is 0 Å². The van der Waals surface area contributed by atoms with Crippen LogP contribution in [0.1, 0.15) is 53.4 Å². The number of likely N-dealkylation sites (tertiary alicyclic amines) is 1. The van der Waals surface area contributed by atoms with Gasteiger partial charge in [0.1, 0.15) is 0 Å². The van der Waals surface area contributed by atoms with Crippen molar-refractivity contribution < 1.29 is 8.42 Å². The molecular formula is C18H31N3O2S. The van der Waals surface area contributed by atoms with Crippen molar-refractivity contribution in [2.45, 2.75) is 69.2 Å². The molecule has 1 fully saturated rings. The molecule has 0 radical (unpaired) electrons. The van der Waals surface area contributed by atoms with Gasteiger partial charge in [-0.3, -0.25) is 0 Å². The summed E-state index contributed by atoms with van der Waals surface area (Å²) in [6.45, 7) is 10.6. The van der Waals surface area contributed by atoms with Crippen molar-refractivity contribution in [1.29, 1.82) is 0 Å². The first-order valence-electron chi connectivity index (χ1n) is 8.90. The fraction of sp³-hybridized carbons (Fsp3) is 0.722. The molecule has 0 aliphatic carbocycles. The second-order valence-electron chi connectivity index (χ2n) is 7.66. The number of anilines is 1. The molecule has 1 aliphatic rings. The molecule has 0 amide bonds. The first-order valence-corrected chi connectivity index (χ1v) is 10.4. The van der Waals surface area contributed by atoms with Crippen molar-refractivity contribution in [3.63, 3.8) is 0 Å². The molecule has 1 aromatic rings. The summed E-state index contributed by atoms with van der Waals surface area (Å²) in [4.78, 5) is 6.69. The molecular weight excluding hydrogens is 322 g/mol. The highest BCUT2D eigenvalue weighted by Crippen LogP contribution is 2.23. The lowest BCUT2D eigenvalue weighted by Crippen LogP contribution is -2.38. The summed E-state index contributed by atoms with van der Waals surface area (Å²) >= 11 is 0. The Morgan fingerprint density at radius 1 is 1.29 bits per heavy atom. The monoisotopic (exact) mass is 353 g/mol. The topological polar surface area (TPSA) is 62.3 Å². The molecule has 136 valence electrons. The van der Waals surface area contributed by atoms with Crippen molar-refractivity contribution in [2.75, 3.05) is 25.0 Å². The molecule has 0 aromatic carbocycles. The number of pyridine rings is 1. The van der Waals surface area contributed by atoms with Crippen LogP contribution in [0.2, 0.25) is 0 Å². The highest BCUT2D eigenvalue weighted by atomic mass is 32.2. The average molecular weight is 354 g/mol. The van der Waals surface area contributed by atoms with Gasteiger partial charge in [0, 0.05) is 19.1 Å². The second kappa shape index (κ2) is 7.83. The van der Waals surface area contributed by atoms with E-state index in [4.69, 9.17) is 0 Å². The first-order chi connectivity index (χ1) is 11.2. The van der Waals surface area contributed by atoms with Gasteiger partial charge in [0.2, 0.25) is 0 Å². The number of hydrogen-bond donors (Lipinski definition) is 1. The molecule has 1 saturated heterocycles. The van der Waals surface area contributed by atoms with Crippen molar-refractivity contribution in [3.8, 4) is 0 Å². The fourth-order valence-corrected chi connectivity index (χ4v) is 4.03. The van der Waals surface area contributed by atoms with E-state index in [1.165, 1.54) is 25.8 Å². The van der Waals surface area contributed by atoms with Crippen LogP contribution in [0.5, 0.6) is 0 Å². The molecule has 1 atom stereocenters. The van der Waals surface area contributed by atoms with E-state index in [-0.39, 0.29) is 5.03 Å². The van der Waals surface area contributed by atoms with E-state index < -0.39 is 14.6 Å². The summed E-state index contributed by atoms with van der Waals surface area (Å²) in [5, 5.41) is 3.47. The van der Waals surface area contributed by atoms with Gasteiger partial charge >= 0.3 is 0 Å². The molecule has 1 aromatic heterocycles. The zero-order valence-electron chi connectivity index (χ0n) is 15.4. The minimum atomic E-state index is -3.38. The number of rotatable bonds is 6. The summed E-state index contributed by atoms with van der Waals surface area (Å²) < 4.78 is 23.9. The van der Waals surface area contributed by atoms with Crippen molar-refractivity contribution in [3.05, 3.63) is 18.3 Å². The minimum Gasteiger partial charge on any atom is -0.384 e. The number of aromatic nitrogens is 1. The second-order valence-corrected chi connectivity index (χ2v) is 10.3. The Morgan fingerprint density at radius 3 is 2.62 bits per heavy atom. The van der Waals surface area contributed by atoms with Gasteiger partial charge in [-0.05, 0) is 65.6 Å². The molecule has 5 nitrogen and oxygen atoms in total. The van der Waals surface area contributed by atoms with Gasteiger partial charge in [-0.15, -0.1) is 0 Å². The Labute approximate surface area is 146 Å². The maximum atomic E-state index is 12.3. The van der Waals surface area contributed by atoms with Crippen LogP contribution in [0, 0.1) is 0 Å². The summed E-state index contributed by atoms with van der Waals surface area (Å²) in [5.41, 5.74) is 0.870. The van der Waals surface area contributed by atoms with Gasteiger partial charge in [-0.25, -0.2) is 13.4 Å². The van der Waals surface area contributed by atoms with Gasteiger partial charge in [0.05, 0.1) is 16.6 Å². The van der Waals surface area contributed by atoms with E-state index in [0.29, 0.717) is 6.04 Å². The van der Waals surface area contributed by atoms with Crippen LogP contribution in [0.3, 0.4) is 0 Å². The Bertz CT molecular complexity index is 621. The molecule has 6 heteroatoms. The molecule has 24 heavy (non-hydrogen) atoms. The molecule has 1 unspecified atom stereocenters. The van der Waals surface area contributed by atoms with Crippen LogP contribution in [-0.2, 0) is 9.84 Å². The van der Waals surface area contributed by atoms with Gasteiger partial charge < -0.3 is 10.2 Å². The summed E-state index contributed by atoms with van der Waals surface area (Å²) in [7, 11) is -3.38. The normalized spacial score (nSPS) is 20.1. The lowest BCUT2D eigenvalue weighted by molar-refractivity contribution is 0.160. The Morgan fingerprint density at radius 2 is 2.04 bits per heavy atom. The average Bonchev–Trinajstić information content (AvgIpc) is 2.52. The molecule has 0 spiro atoms. The number of nitrogens with zero attached hydrogens (tertiary/aromatic N) is 2. The summed E-state index contributed by atoms with van der Waals surface area (Å²) in [6.07, 6.45) is 6.66. The highest BCUT2D eigenvalue weighted by molar-refractivity contribution is 7.92. The van der Waals surface area contributed by atoms with E-state index in [0.717, 1.165) is 25.2 Å². The van der Waals surface area contributed by atoms with E-state index in [9.17, 15) is 8.42 Å². The van der Waals surface area contributed by atoms with Gasteiger partial charge in [0.25, 0.3) is 0 Å². The number of piperidine rings is 1. The maximum Gasteiger partial charge on any atom is 0.200 e. The third-order valence-electron chi connectivity index (χ3n) is 4.71. The Hall–Kier alpha value is -1.14. The van der Waals surface area contributed by atoms with Gasteiger partial charge in [-0.1, -0.05) is 6.42 Å². The van der Waals surface area contributed by atoms with Crippen molar-refractivity contribution >= 4 is 15.5 Å². The number of hydrogen-bond acceptors (Lipinski definition) is 5. The van der Waals surface area contributed by atoms with Crippen molar-refractivity contribution in [1.82, 2.24) is 9.88 Å². The maximum absolute atomic E-state index is 12.3. The molecule has 0 bridgehead atoms. The molecule has 2 rings (SSSR count). The van der Waals surface area contributed by atoms with Gasteiger partial charge in [-0.2, -0.15) is 0 Å². The number of sulfone groups is 1. The standard InChI is InChI=1S/C18H31N3O2S/c1-15-8-5-6-12-21(15)13-7-11-19-16-9-10-17(20-14-16)24(22,23)18(2,3)4/h9-10,14-15,19H,5-8,11-13H2,1-4H3. The zero-order chi connectivity index (χ0) is 17.8. The van der Waals surface area contributed by atoms with Crippen LogP contribution < -0.4 is 5.32 Å². The predicted octanol–water partition coefficient (Wildman–Crippen LogP) is 3.33. The van der Waals surface area contributed by atoms with E-state index >= 15 is 0 Å². The first kappa shape index (κ1) is 19.2. The smallest absolute Gasteiger partial charge is 0.200 e. The van der Waals surface area contributed by atoms with Crippen LogP contribution in [0.4, 0.5) is 5.69 Å². The lowest BCUT2D eigenvalue weighted by atomic mass is 10.0. The molecule has 1 aliphatic heterocycles. The van der Waals surface area contributed by atoms with Gasteiger partial charge in [0.15, 0.2) is 14.9 Å². The van der Waals surface area contributed by atoms with Crippen LogP contribution in [-0.4, -0.2) is 48.7 Å². The van der Waals surface area contributed by atoms with E-state index in [1.807, 2.05) is 0 Å². The zero-order valence-corrected chi connectivity index (χ0v) is 16.2. The third-order valence-corrected chi connectivity index (χ3v) is 7.11. The van der Waals surface area contributed by atoms with Crippen molar-refractivity contribution in [2.24, 2.45) is 0 Å². The lowest BCUT2D eigenvalue weighted by Gasteiger charge is -2.33. The van der Waals surface area contributed by atoms with Crippen LogP contribution in [0.15, 0.2) is 23.4 Å². The fourth-order valence-electron chi connectivity index (χ4n) is 2.96. The van der Waals surface area contributed by atoms with Crippen LogP contribution in [0.25, 0.3) is 0 Å². The number of nitrogens with one attached hydrogen (secondary N) is 1. The summed E-state index contributed by atoms with van der Waals surface area (Å²) in [5.74, 6) is 0. The minimum absolute atomic E-state index is 0.141. The highest BCUT2D eigenvalue weighted by Gasteiger charge is 2.31. The third kappa shape index (κ3) is 4.70. The predicted molar refractivity (Wildman–Crippen MR) is 99.2 cm³/mol. The summed E-state index contributed by atoms with van der Waals surface area (Å²) in [6, 6.07) is 4.09. The Kier molecular flexibility index (Phi) is 6.26. The van der Waals surface area contributed by atoms with E-state index in [2.05, 4.69) is 22.1 Å². The molecule has 2 heterocycles. The Balaban J connectivity index is 1.82.